The van der Waals surface area contributed by atoms with Gasteiger partial charge in [0.15, 0.2) is 0 Å². The number of benzene rings is 2. The maximum atomic E-state index is 12.5. The Morgan fingerprint density at radius 3 is 2.73 bits per heavy atom. The van der Waals surface area contributed by atoms with Gasteiger partial charge < -0.3 is 9.42 Å². The molecule has 26 heavy (non-hydrogen) atoms. The summed E-state index contributed by atoms with van der Waals surface area (Å²) in [5, 5.41) is 4.66. The van der Waals surface area contributed by atoms with E-state index in [1.807, 2.05) is 56.3 Å². The van der Waals surface area contributed by atoms with Gasteiger partial charge in [0.05, 0.1) is 16.6 Å². The molecule has 0 bridgehead atoms. The van der Waals surface area contributed by atoms with Crippen molar-refractivity contribution >= 4 is 23.2 Å². The maximum Gasteiger partial charge on any atom is 0.232 e. The van der Waals surface area contributed by atoms with Crippen molar-refractivity contribution in [1.29, 1.82) is 0 Å². The Morgan fingerprint density at radius 1 is 1.15 bits per heavy atom. The van der Waals surface area contributed by atoms with Crippen LogP contribution in [0, 0.1) is 13.8 Å². The first-order valence-corrected chi connectivity index (χ1v) is 8.86. The first-order chi connectivity index (χ1) is 12.5. The van der Waals surface area contributed by atoms with Crippen LogP contribution in [0.5, 0.6) is 0 Å². The van der Waals surface area contributed by atoms with Crippen LogP contribution in [0.25, 0.3) is 11.4 Å². The fourth-order valence-electron chi connectivity index (χ4n) is 3.24. The number of halogens is 1. The van der Waals surface area contributed by atoms with Gasteiger partial charge in [0, 0.05) is 18.5 Å². The van der Waals surface area contributed by atoms with Crippen LogP contribution < -0.4 is 4.90 Å². The highest BCUT2D eigenvalue weighted by Gasteiger charge is 2.36. The molecule has 6 heteroatoms. The lowest BCUT2D eigenvalue weighted by atomic mass is 10.1. The number of aryl methyl sites for hydroxylation is 2. The molecule has 1 aromatic heterocycles. The molecule has 1 amide bonds. The number of carbonyl (C=O) groups is 1. The summed E-state index contributed by atoms with van der Waals surface area (Å²) in [6.07, 6.45) is 0.333. The van der Waals surface area contributed by atoms with Gasteiger partial charge in [-0.1, -0.05) is 46.6 Å². The van der Waals surface area contributed by atoms with Gasteiger partial charge in [0.1, 0.15) is 0 Å². The third-order valence-electron chi connectivity index (χ3n) is 4.59. The molecule has 0 N–H and O–H groups in total. The molecule has 3 aromatic rings. The maximum absolute atomic E-state index is 12.5. The largest absolute Gasteiger partial charge is 0.339 e. The molecule has 1 fully saturated rings. The third-order valence-corrected chi connectivity index (χ3v) is 4.89. The molecular formula is C20H18ClN3O2. The summed E-state index contributed by atoms with van der Waals surface area (Å²) in [6.45, 7) is 4.47. The zero-order valence-electron chi connectivity index (χ0n) is 14.6. The van der Waals surface area contributed by atoms with E-state index < -0.39 is 0 Å². The van der Waals surface area contributed by atoms with Gasteiger partial charge in [-0.15, -0.1) is 0 Å². The molecule has 0 aliphatic carbocycles. The van der Waals surface area contributed by atoms with E-state index in [1.165, 1.54) is 0 Å². The highest BCUT2D eigenvalue weighted by Crippen LogP contribution is 2.35. The lowest BCUT2D eigenvalue weighted by molar-refractivity contribution is -0.117. The molecule has 5 nitrogen and oxygen atoms in total. The zero-order valence-corrected chi connectivity index (χ0v) is 15.3. The Hall–Kier alpha value is -2.66. The Kier molecular flexibility index (Phi) is 4.24. The lowest BCUT2D eigenvalue weighted by Crippen LogP contribution is -2.24. The van der Waals surface area contributed by atoms with Gasteiger partial charge in [-0.2, -0.15) is 4.98 Å². The summed E-state index contributed by atoms with van der Waals surface area (Å²) >= 11 is 6.32. The van der Waals surface area contributed by atoms with E-state index in [0.29, 0.717) is 29.7 Å². The van der Waals surface area contributed by atoms with Gasteiger partial charge in [0.25, 0.3) is 0 Å². The van der Waals surface area contributed by atoms with Crippen LogP contribution in [0.1, 0.15) is 29.4 Å². The smallest absolute Gasteiger partial charge is 0.232 e. The van der Waals surface area contributed by atoms with Crippen molar-refractivity contribution in [1.82, 2.24) is 10.1 Å². The van der Waals surface area contributed by atoms with Crippen molar-refractivity contribution in [2.75, 3.05) is 11.4 Å². The van der Waals surface area contributed by atoms with Gasteiger partial charge >= 0.3 is 0 Å². The minimum atomic E-state index is -0.133. The molecule has 132 valence electrons. The number of aromatic nitrogens is 2. The van der Waals surface area contributed by atoms with E-state index in [1.54, 1.807) is 4.90 Å². The molecule has 1 atom stereocenters. The molecule has 4 rings (SSSR count). The third kappa shape index (κ3) is 3.10. The van der Waals surface area contributed by atoms with Crippen LogP contribution in [0.4, 0.5) is 5.69 Å². The molecule has 1 aliphatic heterocycles. The van der Waals surface area contributed by atoms with Crippen LogP contribution in [-0.4, -0.2) is 22.6 Å². The van der Waals surface area contributed by atoms with E-state index >= 15 is 0 Å². The SMILES string of the molecule is Cc1cccc(-c2noc(C3CC(=O)N(c4ccc(C)cc4Cl)C3)n2)c1. The van der Waals surface area contributed by atoms with Crippen molar-refractivity contribution in [2.45, 2.75) is 26.2 Å². The number of hydrogen-bond acceptors (Lipinski definition) is 4. The van der Waals surface area contributed by atoms with Crippen LogP contribution in [0.2, 0.25) is 5.02 Å². The second-order valence-electron chi connectivity index (χ2n) is 6.69. The summed E-state index contributed by atoms with van der Waals surface area (Å²) in [5.41, 5.74) is 3.82. The second kappa shape index (κ2) is 6.57. The van der Waals surface area contributed by atoms with Crippen LogP contribution >= 0.6 is 11.6 Å². The van der Waals surface area contributed by atoms with Gasteiger partial charge in [0.2, 0.25) is 17.6 Å². The fraction of sp³-hybridized carbons (Fsp3) is 0.250. The quantitative estimate of drug-likeness (QED) is 0.682. The van der Waals surface area contributed by atoms with Crippen LogP contribution in [-0.2, 0) is 4.79 Å². The molecule has 0 radical (unpaired) electrons. The average molecular weight is 368 g/mol. The fourth-order valence-corrected chi connectivity index (χ4v) is 3.58. The standard InChI is InChI=1S/C20H18ClN3O2/c1-12-4-3-5-14(8-12)19-22-20(26-23-19)15-10-18(25)24(11-15)17-7-6-13(2)9-16(17)21/h3-9,15H,10-11H2,1-2H3. The van der Waals surface area contributed by atoms with E-state index in [-0.39, 0.29) is 11.8 Å². The van der Waals surface area contributed by atoms with Gasteiger partial charge in [-0.25, -0.2) is 0 Å². The second-order valence-corrected chi connectivity index (χ2v) is 7.09. The van der Waals surface area contributed by atoms with E-state index in [9.17, 15) is 4.79 Å². The monoisotopic (exact) mass is 367 g/mol. The van der Waals surface area contributed by atoms with Gasteiger partial charge in [-0.05, 0) is 37.6 Å². The van der Waals surface area contributed by atoms with E-state index in [0.717, 1.165) is 22.4 Å². The molecule has 2 aromatic carbocycles. The normalized spacial score (nSPS) is 17.1. The molecule has 1 saturated heterocycles. The molecule has 0 saturated carbocycles. The van der Waals surface area contributed by atoms with Crippen molar-refractivity contribution < 1.29 is 9.32 Å². The molecular weight excluding hydrogens is 350 g/mol. The Balaban J connectivity index is 1.58. The number of hydrogen-bond donors (Lipinski definition) is 0. The van der Waals surface area contributed by atoms with Crippen LogP contribution in [0.15, 0.2) is 47.0 Å². The lowest BCUT2D eigenvalue weighted by Gasteiger charge is -2.18. The predicted octanol–water partition coefficient (Wildman–Crippen LogP) is 4.53. The number of nitrogens with zero attached hydrogens (tertiary/aromatic N) is 3. The average Bonchev–Trinajstić information content (AvgIpc) is 3.22. The van der Waals surface area contributed by atoms with Gasteiger partial charge in [-0.3, -0.25) is 4.79 Å². The summed E-state index contributed by atoms with van der Waals surface area (Å²) < 4.78 is 5.45. The highest BCUT2D eigenvalue weighted by atomic mass is 35.5. The number of amides is 1. The summed E-state index contributed by atoms with van der Waals surface area (Å²) in [6, 6.07) is 13.6. The Bertz CT molecular complexity index is 983. The van der Waals surface area contributed by atoms with E-state index in [2.05, 4.69) is 10.1 Å². The number of carbonyl (C=O) groups excluding carboxylic acids is 1. The minimum Gasteiger partial charge on any atom is -0.339 e. The molecule has 2 heterocycles. The molecule has 1 unspecified atom stereocenters. The highest BCUT2D eigenvalue weighted by molar-refractivity contribution is 6.34. The van der Waals surface area contributed by atoms with Crippen molar-refractivity contribution in [3.63, 3.8) is 0 Å². The summed E-state index contributed by atoms with van der Waals surface area (Å²) in [4.78, 5) is 18.7. The van der Waals surface area contributed by atoms with Crippen molar-refractivity contribution in [2.24, 2.45) is 0 Å². The topological polar surface area (TPSA) is 59.2 Å². The molecule has 1 aliphatic rings. The van der Waals surface area contributed by atoms with Crippen molar-refractivity contribution in [3.05, 3.63) is 64.5 Å². The Morgan fingerprint density at radius 2 is 1.96 bits per heavy atom. The molecule has 0 spiro atoms. The summed E-state index contributed by atoms with van der Waals surface area (Å²) in [7, 11) is 0. The minimum absolute atomic E-state index is 0.0102. The predicted molar refractivity (Wildman–Crippen MR) is 100 cm³/mol. The van der Waals surface area contributed by atoms with Crippen molar-refractivity contribution in [3.8, 4) is 11.4 Å². The first kappa shape index (κ1) is 16.8. The Labute approximate surface area is 156 Å². The van der Waals surface area contributed by atoms with Crippen LogP contribution in [0.3, 0.4) is 0 Å². The summed E-state index contributed by atoms with van der Waals surface area (Å²) in [5.74, 6) is 0.908. The van der Waals surface area contributed by atoms with E-state index in [4.69, 9.17) is 16.1 Å². The zero-order chi connectivity index (χ0) is 18.3. The number of anilines is 1. The first-order valence-electron chi connectivity index (χ1n) is 8.48. The number of rotatable bonds is 3.